The van der Waals surface area contributed by atoms with Gasteiger partial charge in [-0.25, -0.2) is 0 Å². The van der Waals surface area contributed by atoms with Crippen LogP contribution in [-0.4, -0.2) is 67.8 Å². The molecule has 0 aromatic carbocycles. The number of nitrogens with zero attached hydrogens (tertiary/aromatic N) is 4. The maximum absolute atomic E-state index is 12.5. The van der Waals surface area contributed by atoms with E-state index in [1.807, 2.05) is 17.9 Å². The standard InChI is InChI=1S/C14H22N4OS2/c1-16-10-12(9-15-16)11-17-3-2-4-18(6-5-17)13(19)14-20-7-8-21-14/h9-10,14H,2-8,11H2,1H3. The SMILES string of the molecule is Cn1cc(CN2CCCN(C(=O)C3SCCS3)CC2)cn1. The molecule has 5 nitrogen and oxygen atoms in total. The number of aromatic nitrogens is 2. The second-order valence-corrected chi connectivity index (χ2v) is 8.28. The van der Waals surface area contributed by atoms with Gasteiger partial charge in [-0.3, -0.25) is 14.4 Å². The Balaban J connectivity index is 1.52. The van der Waals surface area contributed by atoms with E-state index in [4.69, 9.17) is 0 Å². The molecule has 3 heterocycles. The van der Waals surface area contributed by atoms with Crippen LogP contribution >= 0.6 is 23.5 Å². The Morgan fingerprint density at radius 3 is 2.81 bits per heavy atom. The molecule has 0 saturated carbocycles. The molecule has 0 aliphatic carbocycles. The number of hydrogen-bond acceptors (Lipinski definition) is 5. The van der Waals surface area contributed by atoms with Gasteiger partial charge in [0.1, 0.15) is 4.58 Å². The number of thioether (sulfide) groups is 2. The van der Waals surface area contributed by atoms with E-state index in [2.05, 4.69) is 21.1 Å². The largest absolute Gasteiger partial charge is 0.340 e. The molecule has 2 aliphatic heterocycles. The van der Waals surface area contributed by atoms with Gasteiger partial charge in [-0.2, -0.15) is 5.10 Å². The molecule has 7 heteroatoms. The van der Waals surface area contributed by atoms with Crippen LogP contribution < -0.4 is 0 Å². The summed E-state index contributed by atoms with van der Waals surface area (Å²) in [6.07, 6.45) is 5.06. The highest BCUT2D eigenvalue weighted by Gasteiger charge is 2.29. The highest BCUT2D eigenvalue weighted by Crippen LogP contribution is 2.33. The summed E-state index contributed by atoms with van der Waals surface area (Å²) in [6.45, 7) is 4.71. The van der Waals surface area contributed by atoms with E-state index in [0.29, 0.717) is 5.91 Å². The summed E-state index contributed by atoms with van der Waals surface area (Å²) < 4.78 is 1.99. The van der Waals surface area contributed by atoms with Gasteiger partial charge >= 0.3 is 0 Å². The summed E-state index contributed by atoms with van der Waals surface area (Å²) in [7, 11) is 1.95. The minimum Gasteiger partial charge on any atom is -0.340 e. The molecule has 116 valence electrons. The van der Waals surface area contributed by atoms with Crippen LogP contribution in [0.15, 0.2) is 12.4 Å². The lowest BCUT2D eigenvalue weighted by Crippen LogP contribution is -2.38. The van der Waals surface area contributed by atoms with Gasteiger partial charge in [-0.15, -0.1) is 23.5 Å². The summed E-state index contributed by atoms with van der Waals surface area (Å²) >= 11 is 3.61. The monoisotopic (exact) mass is 326 g/mol. The van der Waals surface area contributed by atoms with Crippen LogP contribution in [0.5, 0.6) is 0 Å². The van der Waals surface area contributed by atoms with E-state index in [1.165, 1.54) is 5.56 Å². The molecule has 1 aromatic rings. The van der Waals surface area contributed by atoms with Gasteiger partial charge in [0.05, 0.1) is 6.20 Å². The van der Waals surface area contributed by atoms with Gasteiger partial charge in [0.15, 0.2) is 0 Å². The normalized spacial score (nSPS) is 21.7. The minimum absolute atomic E-state index is 0.148. The zero-order chi connectivity index (χ0) is 14.7. The van der Waals surface area contributed by atoms with Crippen LogP contribution in [0.25, 0.3) is 0 Å². The zero-order valence-corrected chi connectivity index (χ0v) is 14.0. The van der Waals surface area contributed by atoms with Crippen molar-refractivity contribution >= 4 is 29.4 Å². The van der Waals surface area contributed by atoms with E-state index >= 15 is 0 Å². The lowest BCUT2D eigenvalue weighted by molar-refractivity contribution is -0.128. The van der Waals surface area contributed by atoms with E-state index in [1.54, 1.807) is 23.5 Å². The van der Waals surface area contributed by atoms with Gasteiger partial charge < -0.3 is 4.90 Å². The molecule has 2 fully saturated rings. The lowest BCUT2D eigenvalue weighted by Gasteiger charge is -2.23. The molecule has 0 radical (unpaired) electrons. The van der Waals surface area contributed by atoms with Gasteiger partial charge in [-0.05, 0) is 6.42 Å². The molecule has 21 heavy (non-hydrogen) atoms. The molecule has 0 atom stereocenters. The van der Waals surface area contributed by atoms with Crippen molar-refractivity contribution in [2.45, 2.75) is 17.5 Å². The highest BCUT2D eigenvalue weighted by molar-refractivity contribution is 8.21. The van der Waals surface area contributed by atoms with Crippen molar-refractivity contribution in [1.82, 2.24) is 19.6 Å². The van der Waals surface area contributed by atoms with Gasteiger partial charge in [0.25, 0.3) is 0 Å². The first-order chi connectivity index (χ1) is 10.2. The molecule has 1 aromatic heterocycles. The Morgan fingerprint density at radius 2 is 2.10 bits per heavy atom. The molecule has 2 saturated heterocycles. The molecular weight excluding hydrogens is 304 g/mol. The van der Waals surface area contributed by atoms with Crippen molar-refractivity contribution in [2.24, 2.45) is 7.05 Å². The Kier molecular flexibility index (Phi) is 5.13. The molecule has 0 spiro atoms. The third-order valence-electron chi connectivity index (χ3n) is 3.89. The quantitative estimate of drug-likeness (QED) is 0.836. The van der Waals surface area contributed by atoms with Crippen molar-refractivity contribution in [3.8, 4) is 0 Å². The zero-order valence-electron chi connectivity index (χ0n) is 12.4. The minimum atomic E-state index is 0.148. The molecule has 2 aliphatic rings. The van der Waals surface area contributed by atoms with Crippen molar-refractivity contribution < 1.29 is 4.79 Å². The smallest absolute Gasteiger partial charge is 0.245 e. The number of amides is 1. The molecule has 0 unspecified atom stereocenters. The Labute approximate surface area is 134 Å². The molecule has 0 N–H and O–H groups in total. The van der Waals surface area contributed by atoms with Crippen molar-refractivity contribution in [1.29, 1.82) is 0 Å². The number of hydrogen-bond donors (Lipinski definition) is 0. The number of rotatable bonds is 3. The predicted octanol–water partition coefficient (Wildman–Crippen LogP) is 1.26. The second kappa shape index (κ2) is 7.07. The van der Waals surface area contributed by atoms with E-state index < -0.39 is 0 Å². The van der Waals surface area contributed by atoms with Gasteiger partial charge in [-0.1, -0.05) is 0 Å². The van der Waals surface area contributed by atoms with Crippen molar-refractivity contribution in [3.63, 3.8) is 0 Å². The van der Waals surface area contributed by atoms with Crippen LogP contribution in [0.3, 0.4) is 0 Å². The Hall–Kier alpha value is -0.660. The highest BCUT2D eigenvalue weighted by atomic mass is 32.2. The lowest BCUT2D eigenvalue weighted by atomic mass is 10.3. The number of aryl methyl sites for hydroxylation is 1. The summed E-state index contributed by atoms with van der Waals surface area (Å²) in [5.41, 5.74) is 1.25. The van der Waals surface area contributed by atoms with Crippen molar-refractivity contribution in [3.05, 3.63) is 18.0 Å². The number of carbonyl (C=O) groups excluding carboxylic acids is 1. The fourth-order valence-electron chi connectivity index (χ4n) is 2.81. The fourth-order valence-corrected chi connectivity index (χ4v) is 5.55. The van der Waals surface area contributed by atoms with Gasteiger partial charge in [0, 0.05) is 63.0 Å². The average molecular weight is 326 g/mol. The first kappa shape index (κ1) is 15.2. The molecule has 0 bridgehead atoms. The Morgan fingerprint density at radius 1 is 1.29 bits per heavy atom. The third-order valence-corrected chi connectivity index (χ3v) is 6.85. The predicted molar refractivity (Wildman–Crippen MR) is 88.4 cm³/mol. The van der Waals surface area contributed by atoms with Crippen LogP contribution in [-0.2, 0) is 18.4 Å². The molecule has 1 amide bonds. The number of carbonyl (C=O) groups is 1. The first-order valence-corrected chi connectivity index (χ1v) is 9.54. The average Bonchev–Trinajstić information content (AvgIpc) is 3.08. The summed E-state index contributed by atoms with van der Waals surface area (Å²) in [4.78, 5) is 17.0. The first-order valence-electron chi connectivity index (χ1n) is 7.44. The van der Waals surface area contributed by atoms with Crippen LogP contribution in [0.4, 0.5) is 0 Å². The van der Waals surface area contributed by atoms with E-state index in [0.717, 1.165) is 50.7 Å². The van der Waals surface area contributed by atoms with E-state index in [-0.39, 0.29) is 4.58 Å². The molecule has 3 rings (SSSR count). The summed E-state index contributed by atoms with van der Waals surface area (Å²) in [5.74, 6) is 2.56. The summed E-state index contributed by atoms with van der Waals surface area (Å²) in [5, 5.41) is 4.22. The maximum atomic E-state index is 12.5. The van der Waals surface area contributed by atoms with Crippen LogP contribution in [0.1, 0.15) is 12.0 Å². The van der Waals surface area contributed by atoms with Crippen molar-refractivity contribution in [2.75, 3.05) is 37.7 Å². The van der Waals surface area contributed by atoms with Gasteiger partial charge in [0.2, 0.25) is 5.91 Å². The van der Waals surface area contributed by atoms with Crippen LogP contribution in [0.2, 0.25) is 0 Å². The fraction of sp³-hybridized carbons (Fsp3) is 0.714. The Bertz CT molecular complexity index is 487. The molecular formula is C14H22N4OS2. The summed E-state index contributed by atoms with van der Waals surface area (Å²) in [6, 6.07) is 0. The van der Waals surface area contributed by atoms with E-state index in [9.17, 15) is 4.79 Å². The second-order valence-electron chi connectivity index (χ2n) is 5.55. The maximum Gasteiger partial charge on any atom is 0.245 e. The van der Waals surface area contributed by atoms with Crippen LogP contribution in [0, 0.1) is 0 Å². The third kappa shape index (κ3) is 3.96. The topological polar surface area (TPSA) is 41.4 Å².